The fraction of sp³-hybridized carbons (Fsp3) is 0.125. The van der Waals surface area contributed by atoms with Crippen molar-refractivity contribution < 1.29 is 9.18 Å². The molecule has 0 atom stereocenters. The zero-order valence-electron chi connectivity index (χ0n) is 12.3. The second kappa shape index (κ2) is 5.96. The van der Waals surface area contributed by atoms with Gasteiger partial charge in [0.15, 0.2) is 5.69 Å². The van der Waals surface area contributed by atoms with Gasteiger partial charge in [0.2, 0.25) is 5.43 Å². The number of pyridine rings is 1. The summed E-state index contributed by atoms with van der Waals surface area (Å²) in [6.07, 6.45) is 1.49. The van der Waals surface area contributed by atoms with Crippen LogP contribution in [0.15, 0.2) is 47.4 Å². The summed E-state index contributed by atoms with van der Waals surface area (Å²) >= 11 is 0. The van der Waals surface area contributed by atoms with Crippen LogP contribution in [0.4, 0.5) is 4.39 Å². The van der Waals surface area contributed by atoms with E-state index in [0.717, 1.165) is 5.56 Å². The number of halogens is 1. The van der Waals surface area contributed by atoms with Crippen molar-refractivity contribution in [3.63, 3.8) is 0 Å². The van der Waals surface area contributed by atoms with Crippen molar-refractivity contribution in [3.05, 3.63) is 69.9 Å². The third-order valence-corrected chi connectivity index (χ3v) is 3.40. The monoisotopic (exact) mass is 312 g/mol. The molecule has 0 radical (unpaired) electrons. The molecular weight excluding hydrogens is 299 g/mol. The van der Waals surface area contributed by atoms with Crippen LogP contribution in [0.5, 0.6) is 0 Å². The first-order valence-electron chi connectivity index (χ1n) is 6.91. The molecule has 0 saturated carbocycles. The van der Waals surface area contributed by atoms with Gasteiger partial charge >= 0.3 is 0 Å². The number of carbonyl (C=O) groups excluding carboxylic acids is 1. The maximum atomic E-state index is 12.8. The van der Waals surface area contributed by atoms with Crippen molar-refractivity contribution in [2.24, 2.45) is 7.05 Å². The van der Waals surface area contributed by atoms with Crippen molar-refractivity contribution in [2.45, 2.75) is 6.54 Å². The van der Waals surface area contributed by atoms with Gasteiger partial charge in [-0.1, -0.05) is 12.1 Å². The second-order valence-electron chi connectivity index (χ2n) is 4.98. The third kappa shape index (κ3) is 2.94. The number of aromatic nitrogens is 3. The molecule has 116 valence electrons. The van der Waals surface area contributed by atoms with E-state index in [1.807, 2.05) is 0 Å². The Hall–Kier alpha value is -3.09. The number of nitrogens with one attached hydrogen (secondary N) is 1. The van der Waals surface area contributed by atoms with Gasteiger partial charge in [-0.25, -0.2) is 4.39 Å². The van der Waals surface area contributed by atoms with E-state index in [2.05, 4.69) is 15.4 Å². The normalized spacial score (nSPS) is 10.7. The quantitative estimate of drug-likeness (QED) is 0.793. The van der Waals surface area contributed by atoms with Crippen molar-refractivity contribution in [3.8, 4) is 0 Å². The largest absolute Gasteiger partial charge is 0.346 e. The molecule has 2 heterocycles. The number of benzene rings is 1. The Labute approximate surface area is 130 Å². The van der Waals surface area contributed by atoms with E-state index in [9.17, 15) is 14.0 Å². The Kier molecular flexibility index (Phi) is 3.84. The minimum absolute atomic E-state index is 0.171. The van der Waals surface area contributed by atoms with Crippen molar-refractivity contribution in [2.75, 3.05) is 0 Å². The highest BCUT2D eigenvalue weighted by atomic mass is 19.1. The number of carbonyl (C=O) groups is 1. The first kappa shape index (κ1) is 14.8. The van der Waals surface area contributed by atoms with Crippen LogP contribution >= 0.6 is 0 Å². The maximum absolute atomic E-state index is 12.8. The minimum Gasteiger partial charge on any atom is -0.346 e. The molecule has 6 nitrogen and oxygen atoms in total. The summed E-state index contributed by atoms with van der Waals surface area (Å²) in [7, 11) is 1.64. The van der Waals surface area contributed by atoms with Crippen LogP contribution in [0, 0.1) is 5.82 Å². The van der Waals surface area contributed by atoms with Crippen molar-refractivity contribution in [1.82, 2.24) is 20.1 Å². The van der Waals surface area contributed by atoms with Crippen LogP contribution < -0.4 is 10.7 Å². The van der Waals surface area contributed by atoms with Crippen LogP contribution in [-0.4, -0.2) is 20.7 Å². The predicted octanol–water partition coefficient (Wildman–Crippen LogP) is 1.40. The predicted molar refractivity (Wildman–Crippen MR) is 82.3 cm³/mol. The van der Waals surface area contributed by atoms with E-state index in [-0.39, 0.29) is 23.6 Å². The molecule has 0 bridgehead atoms. The minimum atomic E-state index is -0.595. The second-order valence-corrected chi connectivity index (χ2v) is 4.98. The van der Waals surface area contributed by atoms with Gasteiger partial charge in [-0.2, -0.15) is 5.10 Å². The van der Waals surface area contributed by atoms with E-state index in [0.29, 0.717) is 5.52 Å². The standard InChI is InChI=1S/C16H13FN4O2/c1-21-12-3-2-8-18-13(12)15(22)14(20-21)16(23)19-9-10-4-6-11(17)7-5-10/h2-8H,9H2,1H3,(H,19,23). The third-order valence-electron chi connectivity index (χ3n) is 3.40. The summed E-state index contributed by atoms with van der Waals surface area (Å²) < 4.78 is 14.3. The first-order chi connectivity index (χ1) is 11.1. The maximum Gasteiger partial charge on any atom is 0.276 e. The molecule has 0 saturated heterocycles. The molecule has 1 aromatic carbocycles. The molecule has 0 spiro atoms. The topological polar surface area (TPSA) is 76.9 Å². The lowest BCUT2D eigenvalue weighted by Gasteiger charge is -2.08. The summed E-state index contributed by atoms with van der Waals surface area (Å²) in [5, 5.41) is 6.62. The Morgan fingerprint density at radius 2 is 2.00 bits per heavy atom. The van der Waals surface area contributed by atoms with Crippen LogP contribution in [0.1, 0.15) is 16.1 Å². The van der Waals surface area contributed by atoms with Gasteiger partial charge in [-0.15, -0.1) is 0 Å². The smallest absolute Gasteiger partial charge is 0.276 e. The number of hydrogen-bond donors (Lipinski definition) is 1. The van der Waals surface area contributed by atoms with E-state index < -0.39 is 11.3 Å². The summed E-state index contributed by atoms with van der Waals surface area (Å²) in [6, 6.07) is 9.12. The fourth-order valence-corrected chi connectivity index (χ4v) is 2.21. The van der Waals surface area contributed by atoms with Gasteiger partial charge in [-0.3, -0.25) is 19.3 Å². The number of amides is 1. The Balaban J connectivity index is 1.88. The summed E-state index contributed by atoms with van der Waals surface area (Å²) in [6.45, 7) is 0.171. The highest BCUT2D eigenvalue weighted by Gasteiger charge is 2.16. The molecule has 7 heteroatoms. The van der Waals surface area contributed by atoms with Crippen LogP contribution in [-0.2, 0) is 13.6 Å². The SMILES string of the molecule is Cn1nc(C(=O)NCc2ccc(F)cc2)c(=O)c2ncccc21. The molecule has 0 aliphatic heterocycles. The van der Waals surface area contributed by atoms with E-state index >= 15 is 0 Å². The average Bonchev–Trinajstić information content (AvgIpc) is 2.57. The molecule has 0 aliphatic carbocycles. The molecule has 1 amide bonds. The molecule has 2 aromatic heterocycles. The van der Waals surface area contributed by atoms with Crippen LogP contribution in [0.2, 0.25) is 0 Å². The number of fused-ring (bicyclic) bond motifs is 1. The van der Waals surface area contributed by atoms with E-state index in [1.165, 1.54) is 23.0 Å². The molecule has 1 N–H and O–H groups in total. The number of hydrogen-bond acceptors (Lipinski definition) is 4. The van der Waals surface area contributed by atoms with Gasteiger partial charge in [-0.05, 0) is 29.8 Å². The molecule has 0 aliphatic rings. The van der Waals surface area contributed by atoms with Gasteiger partial charge in [0.05, 0.1) is 5.52 Å². The van der Waals surface area contributed by atoms with E-state index in [4.69, 9.17) is 0 Å². The fourth-order valence-electron chi connectivity index (χ4n) is 2.21. The van der Waals surface area contributed by atoms with Crippen LogP contribution in [0.25, 0.3) is 11.0 Å². The lowest BCUT2D eigenvalue weighted by Crippen LogP contribution is -2.31. The molecular formula is C16H13FN4O2. The number of rotatable bonds is 3. The Morgan fingerprint density at radius 1 is 1.26 bits per heavy atom. The molecule has 0 unspecified atom stereocenters. The zero-order chi connectivity index (χ0) is 16.4. The highest BCUT2D eigenvalue weighted by Crippen LogP contribution is 2.06. The molecule has 3 rings (SSSR count). The summed E-state index contributed by atoms with van der Waals surface area (Å²) in [5.41, 5.74) is 0.719. The number of nitrogens with zero attached hydrogens (tertiary/aromatic N) is 3. The lowest BCUT2D eigenvalue weighted by molar-refractivity contribution is 0.0943. The van der Waals surface area contributed by atoms with Crippen LogP contribution in [0.3, 0.4) is 0 Å². The van der Waals surface area contributed by atoms with Gasteiger partial charge in [0.25, 0.3) is 5.91 Å². The average molecular weight is 312 g/mol. The lowest BCUT2D eigenvalue weighted by atomic mass is 10.2. The number of aryl methyl sites for hydroxylation is 1. The van der Waals surface area contributed by atoms with Gasteiger partial charge in [0.1, 0.15) is 11.3 Å². The van der Waals surface area contributed by atoms with E-state index in [1.54, 1.807) is 31.3 Å². The Bertz CT molecular complexity index is 935. The molecule has 3 aromatic rings. The highest BCUT2D eigenvalue weighted by molar-refractivity contribution is 5.94. The Morgan fingerprint density at radius 3 is 2.74 bits per heavy atom. The van der Waals surface area contributed by atoms with Crippen molar-refractivity contribution >= 4 is 16.9 Å². The molecule has 23 heavy (non-hydrogen) atoms. The van der Waals surface area contributed by atoms with Gasteiger partial charge < -0.3 is 5.32 Å². The molecule has 0 fully saturated rings. The first-order valence-corrected chi connectivity index (χ1v) is 6.91. The van der Waals surface area contributed by atoms with Gasteiger partial charge in [0, 0.05) is 19.8 Å². The van der Waals surface area contributed by atoms with Crippen molar-refractivity contribution in [1.29, 1.82) is 0 Å². The zero-order valence-corrected chi connectivity index (χ0v) is 12.3. The summed E-state index contributed by atoms with van der Waals surface area (Å²) in [5.74, 6) is -0.946. The summed E-state index contributed by atoms with van der Waals surface area (Å²) in [4.78, 5) is 28.6.